The van der Waals surface area contributed by atoms with Crippen molar-refractivity contribution in [1.29, 1.82) is 0 Å². The molecule has 2 N–H and O–H groups in total. The average Bonchev–Trinajstić information content (AvgIpc) is 2.46. The topological polar surface area (TPSA) is 60.9 Å². The Morgan fingerprint density at radius 3 is 2.45 bits per heavy atom. The second kappa shape index (κ2) is 5.92. The standard InChI is InChI=1S/C15H16F3N3O/c1-9(2)21-8-11(5-10(6-19)14(21)22)13-4-3-12(7-20-13)15(16,17)18/h3-5,7-9H,6,19H2,1-2H3. The normalized spacial score (nSPS) is 12.0. The van der Waals surface area contributed by atoms with E-state index in [1.165, 1.54) is 10.6 Å². The van der Waals surface area contributed by atoms with E-state index in [-0.39, 0.29) is 18.1 Å². The molecule has 0 saturated carbocycles. The summed E-state index contributed by atoms with van der Waals surface area (Å²) in [5.41, 5.74) is 5.86. The van der Waals surface area contributed by atoms with Crippen LogP contribution >= 0.6 is 0 Å². The van der Waals surface area contributed by atoms with Gasteiger partial charge < -0.3 is 10.3 Å². The summed E-state index contributed by atoms with van der Waals surface area (Å²) >= 11 is 0. The van der Waals surface area contributed by atoms with Crippen LogP contribution in [0.5, 0.6) is 0 Å². The van der Waals surface area contributed by atoms with Crippen LogP contribution in [0.3, 0.4) is 0 Å². The van der Waals surface area contributed by atoms with Gasteiger partial charge in [-0.15, -0.1) is 0 Å². The summed E-state index contributed by atoms with van der Waals surface area (Å²) in [5, 5.41) is 0. The maximum absolute atomic E-state index is 12.6. The summed E-state index contributed by atoms with van der Waals surface area (Å²) in [6, 6.07) is 3.73. The summed E-state index contributed by atoms with van der Waals surface area (Å²) in [6.45, 7) is 3.73. The number of rotatable bonds is 3. The molecule has 0 aliphatic heterocycles. The molecule has 22 heavy (non-hydrogen) atoms. The third kappa shape index (κ3) is 3.19. The molecule has 0 aliphatic carbocycles. The fourth-order valence-electron chi connectivity index (χ4n) is 2.06. The molecule has 0 atom stereocenters. The first kappa shape index (κ1) is 16.2. The number of nitrogens with two attached hydrogens (primary N) is 1. The smallest absolute Gasteiger partial charge is 0.326 e. The van der Waals surface area contributed by atoms with Gasteiger partial charge in [-0.3, -0.25) is 9.78 Å². The minimum atomic E-state index is -4.43. The van der Waals surface area contributed by atoms with Crippen LogP contribution in [0, 0.1) is 0 Å². The van der Waals surface area contributed by atoms with Crippen LogP contribution in [0.2, 0.25) is 0 Å². The highest BCUT2D eigenvalue weighted by Gasteiger charge is 2.30. The molecular weight excluding hydrogens is 295 g/mol. The summed E-state index contributed by atoms with van der Waals surface area (Å²) in [6.07, 6.45) is -2.06. The van der Waals surface area contributed by atoms with Crippen LogP contribution in [0.25, 0.3) is 11.3 Å². The Balaban J connectivity index is 2.53. The molecule has 0 aliphatic rings. The first-order valence-corrected chi connectivity index (χ1v) is 6.72. The van der Waals surface area contributed by atoms with Crippen molar-refractivity contribution < 1.29 is 13.2 Å². The van der Waals surface area contributed by atoms with Crippen LogP contribution < -0.4 is 11.3 Å². The minimum absolute atomic E-state index is 0.0556. The SMILES string of the molecule is CC(C)n1cc(-c2ccc(C(F)(F)F)cn2)cc(CN)c1=O. The highest BCUT2D eigenvalue weighted by Crippen LogP contribution is 2.29. The van der Waals surface area contributed by atoms with Gasteiger partial charge in [0.05, 0.1) is 11.3 Å². The molecule has 0 amide bonds. The van der Waals surface area contributed by atoms with Gasteiger partial charge in [-0.2, -0.15) is 13.2 Å². The number of alkyl halides is 3. The van der Waals surface area contributed by atoms with E-state index >= 15 is 0 Å². The Labute approximate surface area is 125 Å². The van der Waals surface area contributed by atoms with Gasteiger partial charge in [0.15, 0.2) is 0 Å². The lowest BCUT2D eigenvalue weighted by Gasteiger charge is -2.14. The highest BCUT2D eigenvalue weighted by atomic mass is 19.4. The fraction of sp³-hybridized carbons (Fsp3) is 0.333. The van der Waals surface area contributed by atoms with Crippen molar-refractivity contribution in [3.63, 3.8) is 0 Å². The predicted molar refractivity (Wildman–Crippen MR) is 77.2 cm³/mol. The van der Waals surface area contributed by atoms with Gasteiger partial charge in [-0.1, -0.05) is 0 Å². The Morgan fingerprint density at radius 1 is 1.32 bits per heavy atom. The van der Waals surface area contributed by atoms with E-state index < -0.39 is 11.7 Å². The predicted octanol–water partition coefficient (Wildman–Crippen LogP) is 2.97. The number of nitrogens with zero attached hydrogens (tertiary/aromatic N) is 2. The fourth-order valence-corrected chi connectivity index (χ4v) is 2.06. The molecule has 2 heterocycles. The molecule has 0 aromatic carbocycles. The zero-order chi connectivity index (χ0) is 16.5. The molecule has 0 radical (unpaired) electrons. The van der Waals surface area contributed by atoms with Crippen LogP contribution in [0.1, 0.15) is 31.0 Å². The highest BCUT2D eigenvalue weighted by molar-refractivity contribution is 5.59. The number of aromatic nitrogens is 2. The van der Waals surface area contributed by atoms with Crippen molar-refractivity contribution in [1.82, 2.24) is 9.55 Å². The maximum atomic E-state index is 12.6. The zero-order valence-corrected chi connectivity index (χ0v) is 12.2. The largest absolute Gasteiger partial charge is 0.417 e. The number of halogens is 3. The van der Waals surface area contributed by atoms with E-state index in [0.717, 1.165) is 12.3 Å². The van der Waals surface area contributed by atoms with Crippen molar-refractivity contribution >= 4 is 0 Å². The lowest BCUT2D eigenvalue weighted by Crippen LogP contribution is -2.26. The van der Waals surface area contributed by atoms with Crippen LogP contribution in [0.15, 0.2) is 35.4 Å². The van der Waals surface area contributed by atoms with E-state index in [1.807, 2.05) is 13.8 Å². The van der Waals surface area contributed by atoms with Gasteiger partial charge in [0.2, 0.25) is 0 Å². The van der Waals surface area contributed by atoms with Crippen molar-refractivity contribution in [2.24, 2.45) is 5.73 Å². The van der Waals surface area contributed by atoms with Gasteiger partial charge in [-0.25, -0.2) is 0 Å². The molecule has 7 heteroatoms. The zero-order valence-electron chi connectivity index (χ0n) is 12.2. The van der Waals surface area contributed by atoms with E-state index in [2.05, 4.69) is 4.98 Å². The second-order valence-electron chi connectivity index (χ2n) is 5.19. The quantitative estimate of drug-likeness (QED) is 0.948. The Morgan fingerprint density at radius 2 is 2.00 bits per heavy atom. The Bertz CT molecular complexity index is 718. The first-order valence-electron chi connectivity index (χ1n) is 6.72. The number of hydrogen-bond donors (Lipinski definition) is 1. The molecule has 0 fully saturated rings. The van der Waals surface area contributed by atoms with Gasteiger partial charge in [0, 0.05) is 36.1 Å². The second-order valence-corrected chi connectivity index (χ2v) is 5.19. The minimum Gasteiger partial charge on any atom is -0.326 e. The Kier molecular flexibility index (Phi) is 4.37. The molecular formula is C15H16F3N3O. The molecule has 0 spiro atoms. The molecule has 2 rings (SSSR count). The lowest BCUT2D eigenvalue weighted by atomic mass is 10.1. The molecule has 4 nitrogen and oxygen atoms in total. The average molecular weight is 311 g/mol. The summed E-state index contributed by atoms with van der Waals surface area (Å²) < 4.78 is 39.2. The molecule has 0 bridgehead atoms. The molecule has 0 saturated heterocycles. The van der Waals surface area contributed by atoms with Crippen LogP contribution in [-0.4, -0.2) is 9.55 Å². The van der Waals surface area contributed by atoms with Gasteiger partial charge in [0.1, 0.15) is 0 Å². The number of pyridine rings is 2. The summed E-state index contributed by atoms with van der Waals surface area (Å²) in [4.78, 5) is 16.0. The van der Waals surface area contributed by atoms with Crippen molar-refractivity contribution in [3.05, 3.63) is 52.1 Å². The molecule has 2 aromatic heterocycles. The van der Waals surface area contributed by atoms with Crippen molar-refractivity contribution in [2.75, 3.05) is 0 Å². The third-order valence-electron chi connectivity index (χ3n) is 3.28. The van der Waals surface area contributed by atoms with Crippen LogP contribution in [-0.2, 0) is 12.7 Å². The first-order chi connectivity index (χ1) is 10.2. The summed E-state index contributed by atoms with van der Waals surface area (Å²) in [7, 11) is 0. The van der Waals surface area contributed by atoms with Crippen LogP contribution in [0.4, 0.5) is 13.2 Å². The van der Waals surface area contributed by atoms with Crippen molar-refractivity contribution in [3.8, 4) is 11.3 Å². The monoisotopic (exact) mass is 311 g/mol. The van der Waals surface area contributed by atoms with E-state index in [1.54, 1.807) is 12.3 Å². The molecule has 2 aromatic rings. The molecule has 118 valence electrons. The number of hydrogen-bond acceptors (Lipinski definition) is 3. The maximum Gasteiger partial charge on any atom is 0.417 e. The van der Waals surface area contributed by atoms with E-state index in [4.69, 9.17) is 5.73 Å². The van der Waals surface area contributed by atoms with Gasteiger partial charge in [-0.05, 0) is 32.0 Å². The van der Waals surface area contributed by atoms with Crippen molar-refractivity contribution in [2.45, 2.75) is 32.6 Å². The Hall–Kier alpha value is -2.15. The lowest BCUT2D eigenvalue weighted by molar-refractivity contribution is -0.137. The van der Waals surface area contributed by atoms with E-state index in [9.17, 15) is 18.0 Å². The molecule has 0 unspecified atom stereocenters. The van der Waals surface area contributed by atoms with Gasteiger partial charge in [0.25, 0.3) is 5.56 Å². The third-order valence-corrected chi connectivity index (χ3v) is 3.28. The summed E-state index contributed by atoms with van der Waals surface area (Å²) in [5.74, 6) is 0. The van der Waals surface area contributed by atoms with Gasteiger partial charge >= 0.3 is 6.18 Å². The van der Waals surface area contributed by atoms with E-state index in [0.29, 0.717) is 16.8 Å².